The minimum Gasteiger partial charge on any atom is -0.325 e. The number of fused-ring (bicyclic) bond motifs is 2. The number of anilines is 2. The zero-order chi connectivity index (χ0) is 26.4. The number of carbonyl (C=O) groups is 3. The van der Waals surface area contributed by atoms with Crippen LogP contribution in [-0.4, -0.2) is 32.5 Å². The number of aromatic nitrogens is 2. The zero-order valence-electron chi connectivity index (χ0n) is 20.2. The third kappa shape index (κ3) is 4.15. The van der Waals surface area contributed by atoms with Crippen LogP contribution in [0.5, 0.6) is 0 Å². The molecule has 2 aliphatic heterocycles. The van der Waals surface area contributed by atoms with Crippen LogP contribution in [0.3, 0.4) is 0 Å². The van der Waals surface area contributed by atoms with Gasteiger partial charge in [-0.2, -0.15) is 0 Å². The molecule has 0 spiro atoms. The number of imide groups is 1. The van der Waals surface area contributed by atoms with Crippen LogP contribution < -0.4 is 15.1 Å². The van der Waals surface area contributed by atoms with Crippen LogP contribution in [0.2, 0.25) is 0 Å². The van der Waals surface area contributed by atoms with Gasteiger partial charge in [-0.1, -0.05) is 59.5 Å². The molecule has 38 heavy (non-hydrogen) atoms. The van der Waals surface area contributed by atoms with Crippen molar-refractivity contribution in [3.8, 4) is 0 Å². The maximum atomic E-state index is 13.8. The molecule has 3 atom stereocenters. The highest BCUT2D eigenvalue weighted by atomic mass is 32.2. The molecular formula is C28H22N4O4S2. The number of amides is 3. The van der Waals surface area contributed by atoms with Crippen molar-refractivity contribution in [3.05, 3.63) is 105 Å². The summed E-state index contributed by atoms with van der Waals surface area (Å²) in [6.45, 7) is 1.73. The fourth-order valence-corrected chi connectivity index (χ4v) is 7.85. The molecule has 10 heteroatoms. The van der Waals surface area contributed by atoms with Crippen LogP contribution >= 0.6 is 23.1 Å². The second-order valence-electron chi connectivity index (χ2n) is 9.22. The molecule has 3 amide bonds. The SMILES string of the molecule is Cc1cccc(NC(=O)Cn2c3c(sc2=O)[C@H](c2cccnc2)C2C(=O)N(c4ccccc4)C(=O)C2S3)c1. The maximum Gasteiger partial charge on any atom is 0.308 e. The van der Waals surface area contributed by atoms with Crippen molar-refractivity contribution < 1.29 is 14.4 Å². The lowest BCUT2D eigenvalue weighted by molar-refractivity contribution is -0.122. The van der Waals surface area contributed by atoms with Crippen LogP contribution in [0.1, 0.15) is 21.9 Å². The van der Waals surface area contributed by atoms with Gasteiger partial charge in [-0.3, -0.25) is 28.7 Å². The molecule has 0 aliphatic carbocycles. The number of nitrogens with zero attached hydrogens (tertiary/aromatic N) is 3. The van der Waals surface area contributed by atoms with Crippen LogP contribution in [-0.2, 0) is 20.9 Å². The van der Waals surface area contributed by atoms with E-state index in [-0.39, 0.29) is 29.1 Å². The second-order valence-corrected chi connectivity index (χ2v) is 11.3. The van der Waals surface area contributed by atoms with E-state index in [9.17, 15) is 19.2 Å². The molecule has 0 saturated carbocycles. The summed E-state index contributed by atoms with van der Waals surface area (Å²) in [7, 11) is 0. The topological polar surface area (TPSA) is 101 Å². The van der Waals surface area contributed by atoms with Crippen molar-refractivity contribution in [3.63, 3.8) is 0 Å². The summed E-state index contributed by atoms with van der Waals surface area (Å²) in [5.41, 5.74) is 2.91. The Morgan fingerprint density at radius 3 is 2.55 bits per heavy atom. The maximum absolute atomic E-state index is 13.8. The molecule has 1 N–H and O–H groups in total. The number of hydrogen-bond donors (Lipinski definition) is 1. The zero-order valence-corrected chi connectivity index (χ0v) is 21.9. The molecule has 2 aromatic carbocycles. The van der Waals surface area contributed by atoms with Gasteiger partial charge in [-0.25, -0.2) is 4.90 Å². The van der Waals surface area contributed by atoms with E-state index in [0.29, 0.717) is 21.3 Å². The highest BCUT2D eigenvalue weighted by Gasteiger charge is 2.56. The number of aryl methyl sites for hydroxylation is 1. The van der Waals surface area contributed by atoms with Crippen molar-refractivity contribution >= 4 is 52.2 Å². The van der Waals surface area contributed by atoms with Crippen molar-refractivity contribution in [1.82, 2.24) is 9.55 Å². The van der Waals surface area contributed by atoms with Gasteiger partial charge in [0.25, 0.3) is 0 Å². The number of hydrogen-bond acceptors (Lipinski definition) is 7. The number of nitrogens with one attached hydrogen (secondary N) is 1. The van der Waals surface area contributed by atoms with Gasteiger partial charge >= 0.3 is 4.87 Å². The molecule has 0 bridgehead atoms. The van der Waals surface area contributed by atoms with Crippen LogP contribution in [0.15, 0.2) is 88.9 Å². The molecule has 2 aliphatic rings. The summed E-state index contributed by atoms with van der Waals surface area (Å²) in [5, 5.41) is 2.66. The van der Waals surface area contributed by atoms with Crippen LogP contribution in [0.25, 0.3) is 0 Å². The molecule has 2 unspecified atom stereocenters. The van der Waals surface area contributed by atoms with Gasteiger partial charge in [-0.15, -0.1) is 0 Å². The van der Waals surface area contributed by atoms with Gasteiger partial charge in [0.15, 0.2) is 0 Å². The molecule has 6 rings (SSSR count). The number of thiazole rings is 1. The minimum absolute atomic E-state index is 0.201. The fourth-order valence-electron chi connectivity index (χ4n) is 5.07. The summed E-state index contributed by atoms with van der Waals surface area (Å²) in [5.74, 6) is -2.21. The highest BCUT2D eigenvalue weighted by molar-refractivity contribution is 8.00. The first-order chi connectivity index (χ1) is 18.4. The van der Waals surface area contributed by atoms with Gasteiger partial charge in [-0.05, 0) is 48.4 Å². The van der Waals surface area contributed by atoms with E-state index < -0.39 is 17.1 Å². The number of carbonyl (C=O) groups excluding carboxylic acids is 3. The van der Waals surface area contributed by atoms with E-state index in [1.54, 1.807) is 48.8 Å². The predicted molar refractivity (Wildman–Crippen MR) is 147 cm³/mol. The Hall–Kier alpha value is -4.02. The number of thioether (sulfide) groups is 1. The average Bonchev–Trinajstić information content (AvgIpc) is 3.35. The van der Waals surface area contributed by atoms with E-state index >= 15 is 0 Å². The largest absolute Gasteiger partial charge is 0.325 e. The van der Waals surface area contributed by atoms with E-state index in [4.69, 9.17) is 0 Å². The Bertz CT molecular complexity index is 1620. The molecule has 190 valence electrons. The normalized spacial score (nSPS) is 20.2. The monoisotopic (exact) mass is 542 g/mol. The predicted octanol–water partition coefficient (Wildman–Crippen LogP) is 4.05. The van der Waals surface area contributed by atoms with Crippen molar-refractivity contribution in [1.29, 1.82) is 0 Å². The number of rotatable bonds is 5. The highest BCUT2D eigenvalue weighted by Crippen LogP contribution is 2.53. The molecule has 1 saturated heterocycles. The quantitative estimate of drug-likeness (QED) is 0.382. The van der Waals surface area contributed by atoms with Gasteiger partial charge in [0.2, 0.25) is 17.7 Å². The van der Waals surface area contributed by atoms with Crippen molar-refractivity contribution in [2.45, 2.75) is 29.7 Å². The molecular weight excluding hydrogens is 520 g/mol. The molecule has 2 aromatic heterocycles. The first kappa shape index (κ1) is 24.3. The van der Waals surface area contributed by atoms with E-state index in [2.05, 4.69) is 10.3 Å². The number of pyridine rings is 1. The lowest BCUT2D eigenvalue weighted by atomic mass is 9.84. The van der Waals surface area contributed by atoms with Crippen LogP contribution in [0.4, 0.5) is 11.4 Å². The van der Waals surface area contributed by atoms with Gasteiger partial charge in [0, 0.05) is 28.9 Å². The van der Waals surface area contributed by atoms with Gasteiger partial charge in [0.05, 0.1) is 16.6 Å². The number of benzene rings is 2. The molecule has 0 radical (unpaired) electrons. The van der Waals surface area contributed by atoms with E-state index in [1.807, 2.05) is 37.3 Å². The van der Waals surface area contributed by atoms with E-state index in [0.717, 1.165) is 22.5 Å². The van der Waals surface area contributed by atoms with Crippen molar-refractivity contribution in [2.75, 3.05) is 10.2 Å². The smallest absolute Gasteiger partial charge is 0.308 e. The third-order valence-electron chi connectivity index (χ3n) is 6.71. The summed E-state index contributed by atoms with van der Waals surface area (Å²) in [6, 6.07) is 19.9. The first-order valence-electron chi connectivity index (χ1n) is 12.0. The second kappa shape index (κ2) is 9.70. The average molecular weight is 543 g/mol. The minimum atomic E-state index is -0.736. The summed E-state index contributed by atoms with van der Waals surface area (Å²) in [4.78, 5) is 59.4. The van der Waals surface area contributed by atoms with Crippen LogP contribution in [0, 0.1) is 12.8 Å². The molecule has 8 nitrogen and oxygen atoms in total. The number of para-hydroxylation sites is 1. The van der Waals surface area contributed by atoms with Gasteiger partial charge < -0.3 is 5.32 Å². The fraction of sp³-hybridized carbons (Fsp3) is 0.179. The standard InChI is InChI=1S/C28H22N4O4S2/c1-16-7-5-9-18(13-16)30-20(33)15-31-27-24(38-28(31)36)21(17-8-6-12-29-14-17)22-23(37-27)26(35)32(25(22)34)19-10-3-2-4-11-19/h2-14,21-23H,15H2,1H3,(H,30,33)/t21-,22?,23?/m1/s1. The lowest BCUT2D eigenvalue weighted by Crippen LogP contribution is -2.33. The first-order valence-corrected chi connectivity index (χ1v) is 13.7. The Morgan fingerprint density at radius 2 is 1.82 bits per heavy atom. The Kier molecular flexibility index (Phi) is 6.21. The summed E-state index contributed by atoms with van der Waals surface area (Å²) >= 11 is 2.21. The Labute approximate surface area is 226 Å². The van der Waals surface area contributed by atoms with Crippen molar-refractivity contribution in [2.24, 2.45) is 5.92 Å². The molecule has 4 heterocycles. The Morgan fingerprint density at radius 1 is 1.00 bits per heavy atom. The van der Waals surface area contributed by atoms with Gasteiger partial charge in [0.1, 0.15) is 11.8 Å². The molecule has 1 fully saturated rings. The Balaban J connectivity index is 1.40. The summed E-state index contributed by atoms with van der Waals surface area (Å²) < 4.78 is 1.41. The molecule has 4 aromatic rings. The summed E-state index contributed by atoms with van der Waals surface area (Å²) in [6.07, 6.45) is 3.31. The lowest BCUT2D eigenvalue weighted by Gasteiger charge is -2.30. The van der Waals surface area contributed by atoms with E-state index in [1.165, 1.54) is 21.2 Å². The third-order valence-corrected chi connectivity index (χ3v) is 9.31.